The maximum atomic E-state index is 12.9. The molecule has 132 valence electrons. The number of benzene rings is 2. The Morgan fingerprint density at radius 1 is 1.00 bits per heavy atom. The highest BCUT2D eigenvalue weighted by molar-refractivity contribution is 6.46. The summed E-state index contributed by atoms with van der Waals surface area (Å²) in [7, 11) is 0. The second-order valence-electron chi connectivity index (χ2n) is 6.23. The molecule has 26 heavy (non-hydrogen) atoms. The van der Waals surface area contributed by atoms with Crippen molar-refractivity contribution in [3.63, 3.8) is 0 Å². The molecule has 5 heteroatoms. The summed E-state index contributed by atoms with van der Waals surface area (Å²) in [6.07, 6.45) is 1.77. The first-order chi connectivity index (χ1) is 12.4. The monoisotopic (exact) mass is 350 g/mol. The highest BCUT2D eigenvalue weighted by Gasteiger charge is 2.20. The van der Waals surface area contributed by atoms with Gasteiger partial charge >= 0.3 is 0 Å². The third kappa shape index (κ3) is 3.88. The van der Waals surface area contributed by atoms with Crippen molar-refractivity contribution in [1.82, 2.24) is 4.57 Å². The molecule has 0 aliphatic rings. The van der Waals surface area contributed by atoms with Gasteiger partial charge in [0.2, 0.25) is 0 Å². The van der Waals surface area contributed by atoms with Crippen LogP contribution in [0.1, 0.15) is 27.2 Å². The standard InChI is InChI=1S/C21H19FN2O2/c1-14-5-6-16(12-15(14)2)13-24-11-3-4-19(24)20(25)21(26)23-18-9-7-17(22)8-10-18/h3-12H,13H2,1-2H3,(H,23,26). The third-order valence-corrected chi connectivity index (χ3v) is 4.29. The van der Waals surface area contributed by atoms with E-state index in [-0.39, 0.29) is 0 Å². The lowest BCUT2D eigenvalue weighted by atomic mass is 10.1. The lowest BCUT2D eigenvalue weighted by molar-refractivity contribution is -0.112. The van der Waals surface area contributed by atoms with E-state index in [1.165, 1.54) is 35.4 Å². The van der Waals surface area contributed by atoms with Crippen LogP contribution in [0.2, 0.25) is 0 Å². The number of halogens is 1. The van der Waals surface area contributed by atoms with E-state index in [1.807, 2.05) is 26.0 Å². The van der Waals surface area contributed by atoms with Crippen LogP contribution in [-0.4, -0.2) is 16.3 Å². The summed E-state index contributed by atoms with van der Waals surface area (Å²) >= 11 is 0. The maximum Gasteiger partial charge on any atom is 0.298 e. The second kappa shape index (κ2) is 7.35. The van der Waals surface area contributed by atoms with Crippen molar-refractivity contribution in [2.45, 2.75) is 20.4 Å². The first-order valence-electron chi connectivity index (χ1n) is 8.26. The fourth-order valence-corrected chi connectivity index (χ4v) is 2.69. The summed E-state index contributed by atoms with van der Waals surface area (Å²) in [5, 5.41) is 2.50. The zero-order valence-corrected chi connectivity index (χ0v) is 14.6. The summed E-state index contributed by atoms with van der Waals surface area (Å²) < 4.78 is 14.7. The Balaban J connectivity index is 1.76. The van der Waals surface area contributed by atoms with Gasteiger partial charge in [0.05, 0.1) is 5.69 Å². The Kier molecular flexibility index (Phi) is 4.98. The van der Waals surface area contributed by atoms with Crippen LogP contribution < -0.4 is 5.32 Å². The molecule has 1 N–H and O–H groups in total. The molecule has 0 atom stereocenters. The zero-order chi connectivity index (χ0) is 18.7. The molecule has 0 fully saturated rings. The van der Waals surface area contributed by atoms with E-state index in [2.05, 4.69) is 11.4 Å². The van der Waals surface area contributed by atoms with Crippen molar-refractivity contribution in [2.75, 3.05) is 5.32 Å². The van der Waals surface area contributed by atoms with Gasteiger partial charge in [0.25, 0.3) is 11.7 Å². The number of hydrogen-bond donors (Lipinski definition) is 1. The normalized spacial score (nSPS) is 10.6. The van der Waals surface area contributed by atoms with E-state index in [0.717, 1.165) is 5.56 Å². The molecule has 0 aliphatic carbocycles. The van der Waals surface area contributed by atoms with Crippen LogP contribution in [0.5, 0.6) is 0 Å². The van der Waals surface area contributed by atoms with Crippen LogP contribution in [0.25, 0.3) is 0 Å². The molecule has 1 heterocycles. The van der Waals surface area contributed by atoms with Crippen LogP contribution in [0.15, 0.2) is 60.8 Å². The summed E-state index contributed by atoms with van der Waals surface area (Å²) in [4.78, 5) is 24.7. The van der Waals surface area contributed by atoms with Gasteiger partial charge in [-0.05, 0) is 66.9 Å². The number of anilines is 1. The molecule has 0 aliphatic heterocycles. The van der Waals surface area contributed by atoms with E-state index in [9.17, 15) is 14.0 Å². The van der Waals surface area contributed by atoms with Crippen molar-refractivity contribution in [3.8, 4) is 0 Å². The minimum atomic E-state index is -0.753. The van der Waals surface area contributed by atoms with Crippen LogP contribution in [-0.2, 0) is 11.3 Å². The Labute approximate surface area is 151 Å². The number of nitrogens with zero attached hydrogens (tertiary/aromatic N) is 1. The highest BCUT2D eigenvalue weighted by Crippen LogP contribution is 2.14. The number of ketones is 1. The zero-order valence-electron chi connectivity index (χ0n) is 14.6. The van der Waals surface area contributed by atoms with Crippen LogP contribution in [0, 0.1) is 19.7 Å². The van der Waals surface area contributed by atoms with Crippen molar-refractivity contribution < 1.29 is 14.0 Å². The average molecular weight is 350 g/mol. The van der Waals surface area contributed by atoms with E-state index in [4.69, 9.17) is 0 Å². The maximum absolute atomic E-state index is 12.9. The summed E-state index contributed by atoms with van der Waals surface area (Å²) in [6.45, 7) is 4.58. The number of nitrogens with one attached hydrogen (secondary N) is 1. The van der Waals surface area contributed by atoms with Gasteiger partial charge in [-0.2, -0.15) is 0 Å². The minimum absolute atomic E-state index is 0.308. The number of aromatic nitrogens is 1. The van der Waals surface area contributed by atoms with Gasteiger partial charge in [0, 0.05) is 18.4 Å². The molecular formula is C21H19FN2O2. The van der Waals surface area contributed by atoms with Crippen LogP contribution in [0.4, 0.5) is 10.1 Å². The quantitative estimate of drug-likeness (QED) is 0.556. The predicted octanol–water partition coefficient (Wildman–Crippen LogP) is 4.11. The predicted molar refractivity (Wildman–Crippen MR) is 98.8 cm³/mol. The highest BCUT2D eigenvalue weighted by atomic mass is 19.1. The number of rotatable bonds is 5. The molecule has 4 nitrogen and oxygen atoms in total. The fraction of sp³-hybridized carbons (Fsp3) is 0.143. The van der Waals surface area contributed by atoms with Gasteiger partial charge in [-0.1, -0.05) is 18.2 Å². The SMILES string of the molecule is Cc1ccc(Cn2cccc2C(=O)C(=O)Nc2ccc(F)cc2)cc1C. The average Bonchev–Trinajstić information content (AvgIpc) is 3.07. The number of Topliss-reactive ketones (excluding diaryl/α,β-unsaturated/α-hetero) is 1. The van der Waals surface area contributed by atoms with Crippen molar-refractivity contribution >= 4 is 17.4 Å². The lowest BCUT2D eigenvalue weighted by Crippen LogP contribution is -2.25. The van der Waals surface area contributed by atoms with Gasteiger partial charge in [-0.15, -0.1) is 0 Å². The van der Waals surface area contributed by atoms with Gasteiger partial charge in [-0.3, -0.25) is 9.59 Å². The van der Waals surface area contributed by atoms with E-state index < -0.39 is 17.5 Å². The first kappa shape index (κ1) is 17.6. The molecule has 2 aromatic carbocycles. The number of hydrogen-bond acceptors (Lipinski definition) is 2. The van der Waals surface area contributed by atoms with Crippen LogP contribution >= 0.6 is 0 Å². The van der Waals surface area contributed by atoms with Gasteiger partial charge in [0.15, 0.2) is 0 Å². The number of carbonyl (C=O) groups excluding carboxylic acids is 2. The van der Waals surface area contributed by atoms with E-state index in [1.54, 1.807) is 22.9 Å². The first-order valence-corrected chi connectivity index (χ1v) is 8.26. The molecule has 0 radical (unpaired) electrons. The molecule has 1 amide bonds. The Morgan fingerprint density at radius 2 is 1.73 bits per heavy atom. The second-order valence-corrected chi connectivity index (χ2v) is 6.23. The topological polar surface area (TPSA) is 51.1 Å². The Hall–Kier alpha value is -3.21. The van der Waals surface area contributed by atoms with Gasteiger partial charge in [0.1, 0.15) is 5.82 Å². The third-order valence-electron chi connectivity index (χ3n) is 4.29. The molecule has 1 aromatic heterocycles. The minimum Gasteiger partial charge on any atom is -0.340 e. The number of aryl methyl sites for hydroxylation is 2. The van der Waals surface area contributed by atoms with Gasteiger partial charge < -0.3 is 9.88 Å². The van der Waals surface area contributed by atoms with Crippen molar-refractivity contribution in [3.05, 3.63) is 89.0 Å². The molecule has 0 saturated carbocycles. The smallest absolute Gasteiger partial charge is 0.298 e. The summed E-state index contributed by atoms with van der Waals surface area (Å²) in [5.41, 5.74) is 4.12. The molecular weight excluding hydrogens is 331 g/mol. The Bertz CT molecular complexity index is 958. The van der Waals surface area contributed by atoms with Crippen molar-refractivity contribution in [2.24, 2.45) is 0 Å². The number of amides is 1. The fourth-order valence-electron chi connectivity index (χ4n) is 2.69. The van der Waals surface area contributed by atoms with E-state index in [0.29, 0.717) is 17.9 Å². The van der Waals surface area contributed by atoms with Crippen LogP contribution in [0.3, 0.4) is 0 Å². The number of carbonyl (C=O) groups is 2. The molecule has 0 saturated heterocycles. The van der Waals surface area contributed by atoms with Crippen molar-refractivity contribution in [1.29, 1.82) is 0 Å². The lowest BCUT2D eigenvalue weighted by Gasteiger charge is -2.10. The largest absolute Gasteiger partial charge is 0.340 e. The molecule has 3 aromatic rings. The molecule has 3 rings (SSSR count). The molecule has 0 bridgehead atoms. The van der Waals surface area contributed by atoms with Gasteiger partial charge in [-0.25, -0.2) is 4.39 Å². The molecule has 0 spiro atoms. The summed E-state index contributed by atoms with van der Waals surface area (Å²) in [5.74, 6) is -1.80. The van der Waals surface area contributed by atoms with E-state index >= 15 is 0 Å². The summed E-state index contributed by atoms with van der Waals surface area (Å²) in [6, 6.07) is 14.7. The Morgan fingerprint density at radius 3 is 2.42 bits per heavy atom. The molecule has 0 unspecified atom stereocenters.